The summed E-state index contributed by atoms with van der Waals surface area (Å²) < 4.78 is 0. The molecule has 1 saturated heterocycles. The van der Waals surface area contributed by atoms with E-state index in [1.54, 1.807) is 4.90 Å². The third kappa shape index (κ3) is 5.27. The molecule has 1 aromatic carbocycles. The zero-order valence-electron chi connectivity index (χ0n) is 15.1. The second kappa shape index (κ2) is 10.0. The molecule has 9 heteroatoms. The van der Waals surface area contributed by atoms with Gasteiger partial charge in [0.25, 0.3) is 5.91 Å². The number of nitrogens with two attached hydrogens (primary N) is 1. The van der Waals surface area contributed by atoms with E-state index in [4.69, 9.17) is 5.73 Å². The van der Waals surface area contributed by atoms with Gasteiger partial charge < -0.3 is 16.0 Å². The summed E-state index contributed by atoms with van der Waals surface area (Å²) in [6.07, 6.45) is 4.64. The molecule has 0 bridgehead atoms. The Labute approximate surface area is 164 Å². The van der Waals surface area contributed by atoms with Gasteiger partial charge in [-0.3, -0.25) is 9.59 Å². The summed E-state index contributed by atoms with van der Waals surface area (Å²) >= 11 is 0. The molecule has 0 radical (unpaired) electrons. The molecule has 1 fully saturated rings. The number of nitrogens with one attached hydrogen (secondary N) is 1. The zero-order chi connectivity index (χ0) is 18.4. The fourth-order valence-corrected chi connectivity index (χ4v) is 3.13. The van der Waals surface area contributed by atoms with Crippen molar-refractivity contribution in [2.45, 2.75) is 31.7 Å². The van der Waals surface area contributed by atoms with Crippen LogP contribution in [0.1, 0.15) is 36.2 Å². The van der Waals surface area contributed by atoms with E-state index in [9.17, 15) is 9.59 Å². The normalized spacial score (nSPS) is 16.5. The van der Waals surface area contributed by atoms with Crippen molar-refractivity contribution in [2.75, 3.05) is 19.6 Å². The van der Waals surface area contributed by atoms with E-state index in [-0.39, 0.29) is 30.3 Å². The van der Waals surface area contributed by atoms with Gasteiger partial charge in [0, 0.05) is 32.1 Å². The molecule has 1 aliphatic rings. The Balaban J connectivity index is 0.00000261. The number of piperidine rings is 1. The number of nitrogens with zero attached hydrogens (tertiary/aromatic N) is 4. The van der Waals surface area contributed by atoms with Gasteiger partial charge in [0.1, 0.15) is 0 Å². The van der Waals surface area contributed by atoms with Crippen molar-refractivity contribution in [3.63, 3.8) is 0 Å². The Morgan fingerprint density at radius 1 is 1.22 bits per heavy atom. The molecule has 2 heterocycles. The van der Waals surface area contributed by atoms with Crippen LogP contribution in [-0.2, 0) is 4.79 Å². The molecule has 2 aromatic rings. The second-order valence-electron chi connectivity index (χ2n) is 6.35. The minimum absolute atomic E-state index is 0. The van der Waals surface area contributed by atoms with E-state index in [2.05, 4.69) is 15.5 Å². The van der Waals surface area contributed by atoms with Gasteiger partial charge in [0.05, 0.1) is 11.9 Å². The average Bonchev–Trinajstić information content (AvgIpc) is 3.17. The predicted molar refractivity (Wildman–Crippen MR) is 104 cm³/mol. The van der Waals surface area contributed by atoms with Crippen molar-refractivity contribution >= 4 is 24.2 Å². The van der Waals surface area contributed by atoms with E-state index in [0.717, 1.165) is 24.9 Å². The number of aromatic nitrogens is 3. The summed E-state index contributed by atoms with van der Waals surface area (Å²) in [5.41, 5.74) is 6.51. The minimum atomic E-state index is -0.148. The Morgan fingerprint density at radius 2 is 2.00 bits per heavy atom. The summed E-state index contributed by atoms with van der Waals surface area (Å²) in [6.45, 7) is 1.42. The third-order valence-electron chi connectivity index (χ3n) is 4.49. The highest BCUT2D eigenvalue weighted by Gasteiger charge is 2.29. The van der Waals surface area contributed by atoms with Crippen LogP contribution in [0.3, 0.4) is 0 Å². The van der Waals surface area contributed by atoms with Gasteiger partial charge in [0.15, 0.2) is 5.69 Å². The molecular weight excluding hydrogens is 368 g/mol. The van der Waals surface area contributed by atoms with Crippen LogP contribution in [0, 0.1) is 0 Å². The van der Waals surface area contributed by atoms with Crippen molar-refractivity contribution in [2.24, 2.45) is 5.73 Å². The highest BCUT2D eigenvalue weighted by atomic mass is 35.5. The molecule has 3 rings (SSSR count). The fourth-order valence-electron chi connectivity index (χ4n) is 3.13. The van der Waals surface area contributed by atoms with Crippen molar-refractivity contribution in [1.82, 2.24) is 25.2 Å². The van der Waals surface area contributed by atoms with Crippen molar-refractivity contribution in [1.29, 1.82) is 0 Å². The largest absolute Gasteiger partial charge is 0.354 e. The molecular formula is C18H25ClN6O2. The van der Waals surface area contributed by atoms with Gasteiger partial charge in [-0.2, -0.15) is 9.90 Å². The molecule has 2 amide bonds. The van der Waals surface area contributed by atoms with Crippen LogP contribution in [0.2, 0.25) is 0 Å². The summed E-state index contributed by atoms with van der Waals surface area (Å²) in [6, 6.07) is 9.43. The van der Waals surface area contributed by atoms with Gasteiger partial charge in [0.2, 0.25) is 5.91 Å². The lowest BCUT2D eigenvalue weighted by Gasteiger charge is -2.35. The lowest BCUT2D eigenvalue weighted by Crippen LogP contribution is -2.49. The third-order valence-corrected chi connectivity index (χ3v) is 4.49. The van der Waals surface area contributed by atoms with Crippen LogP contribution in [0.4, 0.5) is 0 Å². The first-order valence-corrected chi connectivity index (χ1v) is 8.94. The Kier molecular flexibility index (Phi) is 7.75. The molecule has 146 valence electrons. The first-order valence-electron chi connectivity index (χ1n) is 8.94. The van der Waals surface area contributed by atoms with Gasteiger partial charge in [-0.25, -0.2) is 0 Å². The van der Waals surface area contributed by atoms with E-state index in [0.29, 0.717) is 31.7 Å². The highest BCUT2D eigenvalue weighted by Crippen LogP contribution is 2.19. The number of rotatable bonds is 6. The molecule has 1 atom stereocenters. The van der Waals surface area contributed by atoms with Crippen LogP contribution in [-0.4, -0.2) is 57.4 Å². The van der Waals surface area contributed by atoms with E-state index < -0.39 is 0 Å². The summed E-state index contributed by atoms with van der Waals surface area (Å²) in [7, 11) is 0. The lowest BCUT2D eigenvalue weighted by molar-refractivity contribution is -0.121. The second-order valence-corrected chi connectivity index (χ2v) is 6.35. The molecule has 1 aliphatic heterocycles. The number of carbonyl (C=O) groups excluding carboxylic acids is 2. The molecule has 1 aromatic heterocycles. The van der Waals surface area contributed by atoms with Crippen molar-refractivity contribution < 1.29 is 9.59 Å². The Hall–Kier alpha value is -2.45. The van der Waals surface area contributed by atoms with E-state index in [1.165, 1.54) is 11.0 Å². The maximum absolute atomic E-state index is 12.9. The number of hydrogen-bond acceptors (Lipinski definition) is 5. The van der Waals surface area contributed by atoms with Crippen LogP contribution in [0.5, 0.6) is 0 Å². The average molecular weight is 393 g/mol. The monoisotopic (exact) mass is 392 g/mol. The highest BCUT2D eigenvalue weighted by molar-refractivity contribution is 5.92. The number of likely N-dealkylation sites (tertiary alicyclic amines) is 1. The standard InChI is InChI=1S/C18H24N6O2.ClH/c19-10-9-17(25)20-12-15-8-4-5-11-23(15)18(26)16-13-21-24(22-16)14-6-2-1-3-7-14;/h1-3,6-7,13,15H,4-5,8-12,19H2,(H,20,25);1H. The number of amides is 2. The van der Waals surface area contributed by atoms with Crippen molar-refractivity contribution in [3.8, 4) is 5.69 Å². The predicted octanol–water partition coefficient (Wildman–Crippen LogP) is 1.15. The van der Waals surface area contributed by atoms with E-state index >= 15 is 0 Å². The van der Waals surface area contributed by atoms with Crippen LogP contribution < -0.4 is 11.1 Å². The molecule has 0 spiro atoms. The molecule has 8 nitrogen and oxygen atoms in total. The Bertz CT molecular complexity index is 751. The molecule has 27 heavy (non-hydrogen) atoms. The fraction of sp³-hybridized carbons (Fsp3) is 0.444. The lowest BCUT2D eigenvalue weighted by atomic mass is 10.0. The SMILES string of the molecule is Cl.NCCC(=O)NCC1CCCCN1C(=O)c1cnn(-c2ccccc2)n1. The smallest absolute Gasteiger partial charge is 0.276 e. The first kappa shape index (κ1) is 20.9. The van der Waals surface area contributed by atoms with Crippen molar-refractivity contribution in [3.05, 3.63) is 42.2 Å². The maximum atomic E-state index is 12.9. The zero-order valence-corrected chi connectivity index (χ0v) is 15.9. The summed E-state index contributed by atoms with van der Waals surface area (Å²) in [5, 5.41) is 11.4. The summed E-state index contributed by atoms with van der Waals surface area (Å²) in [4.78, 5) is 27.8. The van der Waals surface area contributed by atoms with Gasteiger partial charge >= 0.3 is 0 Å². The van der Waals surface area contributed by atoms with Crippen LogP contribution in [0.25, 0.3) is 5.69 Å². The first-order chi connectivity index (χ1) is 12.7. The van der Waals surface area contributed by atoms with Gasteiger partial charge in [-0.1, -0.05) is 18.2 Å². The quantitative estimate of drug-likeness (QED) is 0.766. The van der Waals surface area contributed by atoms with E-state index in [1.807, 2.05) is 30.3 Å². The number of para-hydroxylation sites is 1. The molecule has 3 N–H and O–H groups in total. The van der Waals surface area contributed by atoms with Gasteiger partial charge in [-0.05, 0) is 31.4 Å². The molecule has 1 unspecified atom stereocenters. The maximum Gasteiger partial charge on any atom is 0.276 e. The molecule has 0 aliphatic carbocycles. The Morgan fingerprint density at radius 3 is 2.74 bits per heavy atom. The minimum Gasteiger partial charge on any atom is -0.354 e. The number of hydrogen-bond donors (Lipinski definition) is 2. The number of carbonyl (C=O) groups is 2. The number of benzene rings is 1. The van der Waals surface area contributed by atoms with Gasteiger partial charge in [-0.15, -0.1) is 17.5 Å². The van der Waals surface area contributed by atoms with Crippen LogP contribution in [0.15, 0.2) is 36.5 Å². The van der Waals surface area contributed by atoms with Crippen LogP contribution >= 0.6 is 12.4 Å². The summed E-state index contributed by atoms with van der Waals surface area (Å²) in [5.74, 6) is -0.231. The molecule has 0 saturated carbocycles. The number of halogens is 1. The topological polar surface area (TPSA) is 106 Å².